The van der Waals surface area contributed by atoms with Gasteiger partial charge in [-0.05, 0) is 42.4 Å². The fourth-order valence-electron chi connectivity index (χ4n) is 5.00. The molecule has 5 rings (SSSR count). The summed E-state index contributed by atoms with van der Waals surface area (Å²) in [5.74, 6) is 0.872. The van der Waals surface area contributed by atoms with Crippen LogP contribution in [-0.4, -0.2) is 24.2 Å². The molecule has 0 saturated heterocycles. The number of carbonyl (C=O) groups is 1. The van der Waals surface area contributed by atoms with Gasteiger partial charge in [-0.15, -0.1) is 0 Å². The maximum absolute atomic E-state index is 11.8. The monoisotopic (exact) mass is 293 g/mol. The molecule has 1 aromatic rings. The van der Waals surface area contributed by atoms with Crippen LogP contribution in [0.5, 0.6) is 0 Å². The van der Waals surface area contributed by atoms with Crippen molar-refractivity contribution in [3.63, 3.8) is 0 Å². The van der Waals surface area contributed by atoms with E-state index in [1.54, 1.807) is 0 Å². The van der Waals surface area contributed by atoms with E-state index in [0.717, 1.165) is 31.5 Å². The minimum absolute atomic E-state index is 0.478. The second-order valence-corrected chi connectivity index (χ2v) is 7.02. The third kappa shape index (κ3) is 1.49. The Bertz CT molecular complexity index is 746. The smallest absolute Gasteiger partial charge is 0.336 e. The molecule has 2 heterocycles. The summed E-state index contributed by atoms with van der Waals surface area (Å²) in [5, 5.41) is 9.66. The minimum Gasteiger partial charge on any atom is -0.478 e. The van der Waals surface area contributed by atoms with Gasteiger partial charge in [0, 0.05) is 36.2 Å². The molecule has 0 spiro atoms. The molecule has 22 heavy (non-hydrogen) atoms. The first-order chi connectivity index (χ1) is 10.7. The lowest BCUT2D eigenvalue weighted by Gasteiger charge is -2.45. The number of hydrogen-bond donors (Lipinski definition) is 1. The van der Waals surface area contributed by atoms with Crippen LogP contribution < -0.4 is 4.90 Å². The molecule has 0 fully saturated rings. The number of hydrogen-bond acceptors (Lipinski definition) is 2. The molecule has 2 aliphatic carbocycles. The van der Waals surface area contributed by atoms with Gasteiger partial charge < -0.3 is 10.0 Å². The molecule has 0 aromatic heterocycles. The molecule has 0 saturated carbocycles. The standard InChI is InChI=1S/C19H19NO2/c21-19(22)16-8-7-15-13-5-1-3-11(13)9-20-10-12-4-2-6-14(12)17(16)18(15)20/h1,5-8,11-13H,2-4,9-10H2,(H,21,22)/t11-,12+,13+/m0/s1. The summed E-state index contributed by atoms with van der Waals surface area (Å²) < 4.78 is 0. The van der Waals surface area contributed by atoms with Gasteiger partial charge >= 0.3 is 5.97 Å². The van der Waals surface area contributed by atoms with Crippen molar-refractivity contribution in [2.45, 2.75) is 25.2 Å². The van der Waals surface area contributed by atoms with E-state index in [9.17, 15) is 9.90 Å². The van der Waals surface area contributed by atoms with E-state index in [1.807, 2.05) is 6.07 Å². The van der Waals surface area contributed by atoms with Crippen molar-refractivity contribution in [1.82, 2.24) is 0 Å². The van der Waals surface area contributed by atoms with Crippen molar-refractivity contribution >= 4 is 17.2 Å². The van der Waals surface area contributed by atoms with Gasteiger partial charge in [0.2, 0.25) is 0 Å². The highest BCUT2D eigenvalue weighted by atomic mass is 16.4. The van der Waals surface area contributed by atoms with Gasteiger partial charge in [0.05, 0.1) is 5.56 Å². The third-order valence-corrected chi connectivity index (χ3v) is 5.91. The van der Waals surface area contributed by atoms with Crippen LogP contribution in [0.3, 0.4) is 0 Å². The van der Waals surface area contributed by atoms with E-state index in [-0.39, 0.29) is 0 Å². The van der Waals surface area contributed by atoms with E-state index >= 15 is 0 Å². The maximum Gasteiger partial charge on any atom is 0.336 e. The quantitative estimate of drug-likeness (QED) is 0.803. The number of carboxylic acids is 1. The Kier molecular flexibility index (Phi) is 2.42. The Labute approximate surface area is 129 Å². The average molecular weight is 293 g/mol. The summed E-state index contributed by atoms with van der Waals surface area (Å²) in [6.45, 7) is 2.14. The highest BCUT2D eigenvalue weighted by Gasteiger charge is 2.42. The van der Waals surface area contributed by atoms with Crippen molar-refractivity contribution < 1.29 is 9.90 Å². The molecule has 2 aliphatic heterocycles. The molecular weight excluding hydrogens is 274 g/mol. The van der Waals surface area contributed by atoms with Crippen LogP contribution in [0.15, 0.2) is 30.4 Å². The SMILES string of the molecule is O=C(O)c1ccc2c3c1C1=CCC[C@@H]1CN3C[C@@H]1CC=C[C@@H]21. The van der Waals surface area contributed by atoms with Gasteiger partial charge in [-0.1, -0.05) is 24.3 Å². The van der Waals surface area contributed by atoms with Crippen molar-refractivity contribution in [2.75, 3.05) is 18.0 Å². The molecule has 1 N–H and O–H groups in total. The van der Waals surface area contributed by atoms with Crippen LogP contribution in [0.1, 0.15) is 46.7 Å². The largest absolute Gasteiger partial charge is 0.478 e. The molecule has 3 heteroatoms. The second kappa shape index (κ2) is 4.25. The first-order valence-corrected chi connectivity index (χ1v) is 8.26. The molecule has 1 aromatic carbocycles. The van der Waals surface area contributed by atoms with Gasteiger partial charge in [0.25, 0.3) is 0 Å². The van der Waals surface area contributed by atoms with Crippen LogP contribution >= 0.6 is 0 Å². The number of allylic oxidation sites excluding steroid dienone is 3. The first kappa shape index (κ1) is 12.5. The number of rotatable bonds is 1. The van der Waals surface area contributed by atoms with Gasteiger partial charge in [0.1, 0.15) is 0 Å². The van der Waals surface area contributed by atoms with Crippen molar-refractivity contribution in [3.8, 4) is 0 Å². The van der Waals surface area contributed by atoms with Gasteiger partial charge in [-0.3, -0.25) is 0 Å². The fourth-order valence-corrected chi connectivity index (χ4v) is 5.00. The first-order valence-electron chi connectivity index (χ1n) is 8.26. The highest BCUT2D eigenvalue weighted by Crippen LogP contribution is 2.53. The van der Waals surface area contributed by atoms with E-state index < -0.39 is 5.97 Å². The number of nitrogens with zero attached hydrogens (tertiary/aromatic N) is 1. The van der Waals surface area contributed by atoms with Crippen molar-refractivity contribution in [3.05, 3.63) is 47.1 Å². The van der Waals surface area contributed by atoms with E-state index in [2.05, 4.69) is 29.2 Å². The zero-order valence-electron chi connectivity index (χ0n) is 12.5. The lowest BCUT2D eigenvalue weighted by Crippen LogP contribution is -2.42. The zero-order valence-corrected chi connectivity index (χ0v) is 12.5. The summed E-state index contributed by atoms with van der Waals surface area (Å²) >= 11 is 0. The van der Waals surface area contributed by atoms with Crippen molar-refractivity contribution in [1.29, 1.82) is 0 Å². The van der Waals surface area contributed by atoms with Gasteiger partial charge in [0.15, 0.2) is 0 Å². The number of fused-ring (bicyclic) bond motifs is 4. The minimum atomic E-state index is -0.796. The fraction of sp³-hybridized carbons (Fsp3) is 0.421. The Morgan fingerprint density at radius 1 is 1.27 bits per heavy atom. The lowest BCUT2D eigenvalue weighted by atomic mass is 9.76. The maximum atomic E-state index is 11.8. The van der Waals surface area contributed by atoms with Gasteiger partial charge in [-0.25, -0.2) is 4.79 Å². The van der Waals surface area contributed by atoms with E-state index in [4.69, 9.17) is 0 Å². The van der Waals surface area contributed by atoms with Crippen LogP contribution in [0.2, 0.25) is 0 Å². The molecular formula is C19H19NO2. The molecule has 0 unspecified atom stereocenters. The van der Waals surface area contributed by atoms with Crippen LogP contribution in [-0.2, 0) is 0 Å². The van der Waals surface area contributed by atoms with Crippen LogP contribution in [0.25, 0.3) is 5.57 Å². The lowest BCUT2D eigenvalue weighted by molar-refractivity contribution is 0.0696. The number of benzene rings is 1. The van der Waals surface area contributed by atoms with Crippen LogP contribution in [0.4, 0.5) is 5.69 Å². The predicted octanol–water partition coefficient (Wildman–Crippen LogP) is 3.67. The topological polar surface area (TPSA) is 40.5 Å². The summed E-state index contributed by atoms with van der Waals surface area (Å²) in [6.07, 6.45) is 10.3. The Hall–Kier alpha value is -2.03. The Morgan fingerprint density at radius 3 is 3.05 bits per heavy atom. The van der Waals surface area contributed by atoms with E-state index in [1.165, 1.54) is 23.2 Å². The molecule has 0 amide bonds. The number of carboxylic acid groups (broad SMARTS) is 1. The van der Waals surface area contributed by atoms with E-state index in [0.29, 0.717) is 23.3 Å². The molecule has 112 valence electrons. The summed E-state index contributed by atoms with van der Waals surface area (Å²) in [4.78, 5) is 14.2. The number of anilines is 1. The Balaban J connectivity index is 1.80. The highest BCUT2D eigenvalue weighted by molar-refractivity contribution is 6.00. The second-order valence-electron chi connectivity index (χ2n) is 7.02. The Morgan fingerprint density at radius 2 is 2.18 bits per heavy atom. The predicted molar refractivity (Wildman–Crippen MR) is 86.3 cm³/mol. The molecule has 3 nitrogen and oxygen atoms in total. The summed E-state index contributed by atoms with van der Waals surface area (Å²) in [5.41, 5.74) is 5.37. The molecule has 0 bridgehead atoms. The molecule has 4 aliphatic rings. The molecule has 3 atom stereocenters. The summed E-state index contributed by atoms with van der Waals surface area (Å²) in [6, 6.07) is 3.91. The zero-order chi connectivity index (χ0) is 14.8. The summed E-state index contributed by atoms with van der Waals surface area (Å²) in [7, 11) is 0. The van der Waals surface area contributed by atoms with Gasteiger partial charge in [-0.2, -0.15) is 0 Å². The van der Waals surface area contributed by atoms with Crippen LogP contribution in [0, 0.1) is 11.8 Å². The molecule has 0 radical (unpaired) electrons. The normalized spacial score (nSPS) is 30.6. The number of aromatic carboxylic acids is 1. The third-order valence-electron chi connectivity index (χ3n) is 5.91. The van der Waals surface area contributed by atoms with Crippen molar-refractivity contribution in [2.24, 2.45) is 11.8 Å². The average Bonchev–Trinajstić information content (AvgIpc) is 3.15.